The summed E-state index contributed by atoms with van der Waals surface area (Å²) in [6.07, 6.45) is 11.0. The van der Waals surface area contributed by atoms with Crippen molar-refractivity contribution in [3.8, 4) is 11.5 Å². The minimum Gasteiger partial charge on any atom is -0.493 e. The maximum atomic E-state index is 11.4. The van der Waals surface area contributed by atoms with Crippen LogP contribution in [-0.4, -0.2) is 15.5 Å². The third-order valence-corrected chi connectivity index (χ3v) is 7.79. The van der Waals surface area contributed by atoms with Crippen LogP contribution in [0.25, 0.3) is 0 Å². The molecule has 2 saturated carbocycles. The van der Waals surface area contributed by atoms with Crippen molar-refractivity contribution >= 4 is 10.3 Å². The molecule has 1 aromatic carbocycles. The Morgan fingerprint density at radius 2 is 2.00 bits per heavy atom. The molecule has 2 fully saturated rings. The Balaban J connectivity index is 1.70. The molecule has 28 heavy (non-hydrogen) atoms. The molecule has 4 rings (SSSR count). The Hall–Kier alpha value is -1.79. The lowest BCUT2D eigenvalue weighted by Gasteiger charge is -2.49. The summed E-state index contributed by atoms with van der Waals surface area (Å²) < 4.78 is 33.2. The molecule has 0 aliphatic heterocycles. The molecule has 0 radical (unpaired) electrons. The molecule has 0 aromatic heterocycles. The van der Waals surface area contributed by atoms with Crippen molar-refractivity contribution < 1.29 is 17.3 Å². The molecule has 0 bridgehead atoms. The summed E-state index contributed by atoms with van der Waals surface area (Å²) in [7, 11) is -2.56. The third-order valence-electron chi connectivity index (χ3n) is 7.38. The Morgan fingerprint density at radius 3 is 2.68 bits per heavy atom. The van der Waals surface area contributed by atoms with Crippen molar-refractivity contribution in [2.75, 3.05) is 7.11 Å². The Labute approximate surface area is 167 Å². The van der Waals surface area contributed by atoms with Gasteiger partial charge < -0.3 is 8.92 Å². The predicted molar refractivity (Wildman–Crippen MR) is 110 cm³/mol. The quantitative estimate of drug-likeness (QED) is 0.815. The smallest absolute Gasteiger partial charge is 0.380 e. The van der Waals surface area contributed by atoms with Crippen LogP contribution in [0.15, 0.2) is 36.4 Å². The Bertz CT molecular complexity index is 936. The van der Waals surface area contributed by atoms with E-state index in [2.05, 4.69) is 19.6 Å². The van der Waals surface area contributed by atoms with E-state index in [0.29, 0.717) is 23.5 Å². The minimum atomic E-state index is -4.09. The molecule has 5 nitrogen and oxygen atoms in total. The number of hydrogen-bond donors (Lipinski definition) is 1. The van der Waals surface area contributed by atoms with Crippen LogP contribution in [0.4, 0.5) is 0 Å². The second-order valence-corrected chi connectivity index (χ2v) is 9.77. The molecule has 0 saturated heterocycles. The van der Waals surface area contributed by atoms with E-state index in [0.717, 1.165) is 24.8 Å². The molecular weight excluding hydrogens is 374 g/mol. The summed E-state index contributed by atoms with van der Waals surface area (Å²) >= 11 is 0. The van der Waals surface area contributed by atoms with E-state index >= 15 is 0 Å². The molecule has 0 spiro atoms. The van der Waals surface area contributed by atoms with Crippen molar-refractivity contribution in [3.63, 3.8) is 0 Å². The zero-order chi connectivity index (χ0) is 20.1. The van der Waals surface area contributed by atoms with E-state index < -0.39 is 10.3 Å². The van der Waals surface area contributed by atoms with Crippen LogP contribution in [0.3, 0.4) is 0 Å². The molecule has 3 unspecified atom stereocenters. The van der Waals surface area contributed by atoms with Gasteiger partial charge in [0.05, 0.1) is 7.11 Å². The minimum absolute atomic E-state index is 0.180. The number of allylic oxidation sites excluding steroid dienone is 3. The van der Waals surface area contributed by atoms with Crippen molar-refractivity contribution in [1.29, 1.82) is 0 Å². The van der Waals surface area contributed by atoms with Crippen molar-refractivity contribution in [3.05, 3.63) is 47.6 Å². The number of rotatable bonds is 4. The highest BCUT2D eigenvalue weighted by Gasteiger charge is 2.52. The number of ether oxygens (including phenoxy) is 1. The van der Waals surface area contributed by atoms with Crippen LogP contribution in [-0.2, 0) is 16.7 Å². The fourth-order valence-electron chi connectivity index (χ4n) is 6.19. The van der Waals surface area contributed by atoms with E-state index in [9.17, 15) is 8.42 Å². The standard InChI is InChI=1S/C22H29NO4S/c1-4-5-15-7-9-19-17-8-6-14-12-21(27-28(23,24)25)20(26-3)13-18(14)16(17)10-11-22(15,19)2/h4-5,12-13,16-17,19H,1,6-11H2,2-3H3,(H2,23,24,25)/b15-5+/t16?,17?,19?,22-/m1/s1. The van der Waals surface area contributed by atoms with E-state index in [1.165, 1.54) is 31.9 Å². The second-order valence-electron chi connectivity index (χ2n) is 8.62. The molecule has 0 heterocycles. The first-order valence-electron chi connectivity index (χ1n) is 10.0. The molecule has 2 N–H and O–H groups in total. The number of benzene rings is 1. The topological polar surface area (TPSA) is 78.6 Å². The first kappa shape index (κ1) is 19.5. The van der Waals surface area contributed by atoms with Crippen LogP contribution < -0.4 is 14.1 Å². The number of methoxy groups -OCH3 is 1. The van der Waals surface area contributed by atoms with Crippen molar-refractivity contribution in [2.24, 2.45) is 22.4 Å². The molecule has 4 atom stereocenters. The lowest BCUT2D eigenvalue weighted by Crippen LogP contribution is -2.40. The largest absolute Gasteiger partial charge is 0.493 e. The molecule has 6 heteroatoms. The first-order valence-corrected chi connectivity index (χ1v) is 11.5. The van der Waals surface area contributed by atoms with Crippen molar-refractivity contribution in [1.82, 2.24) is 0 Å². The maximum absolute atomic E-state index is 11.4. The van der Waals surface area contributed by atoms with Gasteiger partial charge in [-0.1, -0.05) is 31.2 Å². The SMILES string of the molecule is C=C/C=C1\CCC2C3CCc4cc(OS(N)(=O)=O)c(OC)cc4C3CC[C@]12C. The van der Waals surface area contributed by atoms with Gasteiger partial charge in [-0.3, -0.25) is 0 Å². The molecule has 152 valence electrons. The predicted octanol–water partition coefficient (Wildman–Crippen LogP) is 4.25. The zero-order valence-corrected chi connectivity index (χ0v) is 17.4. The van der Waals surface area contributed by atoms with Crippen LogP contribution >= 0.6 is 0 Å². The summed E-state index contributed by atoms with van der Waals surface area (Å²) in [4.78, 5) is 0. The molecule has 1 aromatic rings. The van der Waals surface area contributed by atoms with Gasteiger partial charge in [-0.2, -0.15) is 13.6 Å². The van der Waals surface area contributed by atoms with Crippen LogP contribution in [0.1, 0.15) is 56.1 Å². The monoisotopic (exact) mass is 403 g/mol. The van der Waals surface area contributed by atoms with E-state index in [-0.39, 0.29) is 11.2 Å². The van der Waals surface area contributed by atoms with Gasteiger partial charge in [-0.25, -0.2) is 0 Å². The maximum Gasteiger partial charge on any atom is 0.380 e. The number of aryl methyl sites for hydroxylation is 1. The van der Waals surface area contributed by atoms with Gasteiger partial charge >= 0.3 is 10.3 Å². The van der Waals surface area contributed by atoms with Crippen LogP contribution in [0.5, 0.6) is 11.5 Å². The van der Waals surface area contributed by atoms with E-state index in [1.807, 2.05) is 12.1 Å². The zero-order valence-electron chi connectivity index (χ0n) is 16.6. The molecular formula is C22H29NO4S. The van der Waals surface area contributed by atoms with Gasteiger partial charge in [0, 0.05) is 0 Å². The van der Waals surface area contributed by atoms with Gasteiger partial charge in [0.1, 0.15) is 0 Å². The normalized spacial score (nSPS) is 33.0. The summed E-state index contributed by atoms with van der Waals surface area (Å²) in [6.45, 7) is 6.34. The van der Waals surface area contributed by atoms with Gasteiger partial charge in [-0.05, 0) is 85.0 Å². The van der Waals surface area contributed by atoms with Gasteiger partial charge in [0.2, 0.25) is 0 Å². The molecule has 0 amide bonds. The lowest BCUT2D eigenvalue weighted by atomic mass is 9.55. The first-order chi connectivity index (χ1) is 13.3. The summed E-state index contributed by atoms with van der Waals surface area (Å²) in [5, 5.41) is 5.07. The Morgan fingerprint density at radius 1 is 1.21 bits per heavy atom. The fraction of sp³-hybridized carbons (Fsp3) is 0.545. The average molecular weight is 404 g/mol. The average Bonchev–Trinajstić information content (AvgIpc) is 2.96. The van der Waals surface area contributed by atoms with E-state index in [4.69, 9.17) is 14.1 Å². The van der Waals surface area contributed by atoms with Gasteiger partial charge in [-0.15, -0.1) is 0 Å². The molecule has 3 aliphatic carbocycles. The summed E-state index contributed by atoms with van der Waals surface area (Å²) in [5.41, 5.74) is 4.29. The highest BCUT2D eigenvalue weighted by Crippen LogP contribution is 2.63. The number of nitrogens with two attached hydrogens (primary N) is 1. The highest BCUT2D eigenvalue weighted by atomic mass is 32.2. The van der Waals surface area contributed by atoms with E-state index in [1.54, 1.807) is 11.6 Å². The third kappa shape index (κ3) is 3.16. The highest BCUT2D eigenvalue weighted by molar-refractivity contribution is 7.84. The van der Waals surface area contributed by atoms with Gasteiger partial charge in [0.15, 0.2) is 11.5 Å². The second kappa shape index (κ2) is 6.92. The summed E-state index contributed by atoms with van der Waals surface area (Å²) in [6, 6.07) is 3.78. The number of hydrogen-bond acceptors (Lipinski definition) is 4. The Kier molecular flexibility index (Phi) is 4.82. The van der Waals surface area contributed by atoms with Crippen LogP contribution in [0, 0.1) is 17.3 Å². The fourth-order valence-corrected chi connectivity index (χ4v) is 6.57. The van der Waals surface area contributed by atoms with Gasteiger partial charge in [0.25, 0.3) is 0 Å². The lowest BCUT2D eigenvalue weighted by molar-refractivity contribution is 0.0813. The van der Waals surface area contributed by atoms with Crippen LogP contribution in [0.2, 0.25) is 0 Å². The number of fused-ring (bicyclic) bond motifs is 5. The molecule has 3 aliphatic rings. The summed E-state index contributed by atoms with van der Waals surface area (Å²) in [5.74, 6) is 2.44. The van der Waals surface area contributed by atoms with Crippen molar-refractivity contribution in [2.45, 2.75) is 51.4 Å².